The van der Waals surface area contributed by atoms with E-state index in [0.29, 0.717) is 24.6 Å². The van der Waals surface area contributed by atoms with Crippen molar-refractivity contribution in [3.63, 3.8) is 0 Å². The van der Waals surface area contributed by atoms with Crippen LogP contribution in [0.15, 0.2) is 60.8 Å². The van der Waals surface area contributed by atoms with Crippen LogP contribution in [0.3, 0.4) is 0 Å². The number of amides is 1. The molecule has 154 valence electrons. The number of ether oxygens (including phenoxy) is 1. The number of Topliss-reactive ketones (excluding diaryl/α,β-unsaturated/α-hetero) is 1. The SMILES string of the molecule is Cc1cn(C)c(C(=O)C(=O)Nc2ccc(N3CCOCC3)cc2)c1-c1ccccc1. The smallest absolute Gasteiger partial charge is 0.298 e. The fourth-order valence-corrected chi connectivity index (χ4v) is 3.90. The monoisotopic (exact) mass is 403 g/mol. The van der Waals surface area contributed by atoms with E-state index in [1.54, 1.807) is 11.6 Å². The van der Waals surface area contributed by atoms with Gasteiger partial charge in [-0.2, -0.15) is 0 Å². The van der Waals surface area contributed by atoms with Crippen LogP contribution in [-0.2, 0) is 16.6 Å². The van der Waals surface area contributed by atoms with Crippen molar-refractivity contribution in [3.05, 3.63) is 72.1 Å². The highest BCUT2D eigenvalue weighted by atomic mass is 16.5. The maximum absolute atomic E-state index is 13.0. The molecule has 1 aromatic heterocycles. The van der Waals surface area contributed by atoms with Crippen LogP contribution in [0, 0.1) is 6.92 Å². The summed E-state index contributed by atoms with van der Waals surface area (Å²) in [6.45, 7) is 5.07. The molecule has 0 bridgehead atoms. The van der Waals surface area contributed by atoms with Gasteiger partial charge in [-0.15, -0.1) is 0 Å². The van der Waals surface area contributed by atoms with E-state index >= 15 is 0 Å². The highest BCUT2D eigenvalue weighted by Gasteiger charge is 2.25. The Morgan fingerprint density at radius 2 is 1.63 bits per heavy atom. The van der Waals surface area contributed by atoms with Gasteiger partial charge in [0.2, 0.25) is 0 Å². The van der Waals surface area contributed by atoms with Crippen molar-refractivity contribution < 1.29 is 14.3 Å². The Labute approximate surface area is 176 Å². The van der Waals surface area contributed by atoms with E-state index < -0.39 is 11.7 Å². The number of rotatable bonds is 5. The molecule has 1 aliphatic rings. The maximum atomic E-state index is 13.0. The summed E-state index contributed by atoms with van der Waals surface area (Å²) < 4.78 is 7.10. The van der Waals surface area contributed by atoms with Gasteiger partial charge in [0.1, 0.15) is 5.69 Å². The summed E-state index contributed by atoms with van der Waals surface area (Å²) >= 11 is 0. The predicted octanol–water partition coefficient (Wildman–Crippen LogP) is 3.66. The number of nitrogens with zero attached hydrogens (tertiary/aromatic N) is 2. The van der Waals surface area contributed by atoms with Crippen LogP contribution in [-0.4, -0.2) is 42.6 Å². The van der Waals surface area contributed by atoms with E-state index in [0.717, 1.165) is 35.5 Å². The Hall–Kier alpha value is -3.38. The fraction of sp³-hybridized carbons (Fsp3) is 0.250. The quantitative estimate of drug-likeness (QED) is 0.522. The predicted molar refractivity (Wildman–Crippen MR) is 118 cm³/mol. The van der Waals surface area contributed by atoms with E-state index in [1.807, 2.05) is 67.7 Å². The van der Waals surface area contributed by atoms with Crippen molar-refractivity contribution >= 4 is 23.1 Å². The number of morpholine rings is 1. The van der Waals surface area contributed by atoms with Crippen LogP contribution < -0.4 is 10.2 Å². The van der Waals surface area contributed by atoms with E-state index in [-0.39, 0.29) is 0 Å². The molecular formula is C24H25N3O3. The number of hydrogen-bond donors (Lipinski definition) is 1. The second kappa shape index (κ2) is 8.55. The summed E-state index contributed by atoms with van der Waals surface area (Å²) in [5.41, 5.74) is 4.72. The lowest BCUT2D eigenvalue weighted by atomic mass is 10.00. The molecule has 0 atom stereocenters. The summed E-state index contributed by atoms with van der Waals surface area (Å²) in [5.74, 6) is -1.20. The highest BCUT2D eigenvalue weighted by molar-refractivity contribution is 6.47. The largest absolute Gasteiger partial charge is 0.378 e. The van der Waals surface area contributed by atoms with Crippen molar-refractivity contribution in [2.75, 3.05) is 36.5 Å². The Morgan fingerprint density at radius 1 is 0.967 bits per heavy atom. The average molecular weight is 403 g/mol. The van der Waals surface area contributed by atoms with Crippen molar-refractivity contribution in [1.82, 2.24) is 4.57 Å². The summed E-state index contributed by atoms with van der Waals surface area (Å²) in [6.07, 6.45) is 1.87. The number of carbonyl (C=O) groups is 2. The van der Waals surface area contributed by atoms with Gasteiger partial charge in [-0.25, -0.2) is 0 Å². The first-order valence-corrected chi connectivity index (χ1v) is 10.0. The maximum Gasteiger partial charge on any atom is 0.298 e. The summed E-state index contributed by atoms with van der Waals surface area (Å²) in [7, 11) is 1.79. The zero-order valence-corrected chi connectivity index (χ0v) is 17.2. The van der Waals surface area contributed by atoms with E-state index in [2.05, 4.69) is 10.2 Å². The minimum absolute atomic E-state index is 0.390. The van der Waals surface area contributed by atoms with Gasteiger partial charge in [0, 0.05) is 43.3 Å². The molecule has 2 aromatic carbocycles. The molecule has 0 spiro atoms. The summed E-state index contributed by atoms with van der Waals surface area (Å²) in [4.78, 5) is 28.0. The standard InChI is InChI=1S/C24H25N3O3/c1-17-16-26(2)22(21(17)18-6-4-3-5-7-18)23(28)24(29)25-19-8-10-20(11-9-19)27-12-14-30-15-13-27/h3-11,16H,12-15H2,1-2H3,(H,25,29). The number of benzene rings is 2. The molecule has 4 rings (SSSR count). The number of aryl methyl sites for hydroxylation is 2. The first kappa shape index (κ1) is 19.9. The molecule has 1 amide bonds. The zero-order chi connectivity index (χ0) is 21.1. The second-order valence-corrected chi connectivity index (χ2v) is 7.44. The molecule has 6 heteroatoms. The molecule has 0 saturated carbocycles. The molecule has 1 N–H and O–H groups in total. The average Bonchev–Trinajstić information content (AvgIpc) is 3.08. The number of aromatic nitrogens is 1. The van der Waals surface area contributed by atoms with Crippen LogP contribution in [0.1, 0.15) is 16.1 Å². The molecule has 2 heterocycles. The lowest BCUT2D eigenvalue weighted by Gasteiger charge is -2.28. The van der Waals surface area contributed by atoms with Crippen LogP contribution in [0.4, 0.5) is 11.4 Å². The van der Waals surface area contributed by atoms with E-state index in [1.165, 1.54) is 0 Å². The van der Waals surface area contributed by atoms with Gasteiger partial charge >= 0.3 is 0 Å². The van der Waals surface area contributed by atoms with E-state index in [4.69, 9.17) is 4.74 Å². The van der Waals surface area contributed by atoms with Gasteiger partial charge in [-0.1, -0.05) is 30.3 Å². The van der Waals surface area contributed by atoms with Gasteiger partial charge in [-0.3, -0.25) is 9.59 Å². The number of carbonyl (C=O) groups excluding carboxylic acids is 2. The minimum Gasteiger partial charge on any atom is -0.378 e. The van der Waals surface area contributed by atoms with Crippen molar-refractivity contribution in [2.24, 2.45) is 7.05 Å². The second-order valence-electron chi connectivity index (χ2n) is 7.44. The molecule has 0 aliphatic carbocycles. The third kappa shape index (κ3) is 4.00. The normalized spacial score (nSPS) is 13.9. The van der Waals surface area contributed by atoms with Gasteiger partial charge in [-0.05, 0) is 42.3 Å². The molecule has 1 saturated heterocycles. The van der Waals surface area contributed by atoms with Crippen molar-refractivity contribution in [1.29, 1.82) is 0 Å². The van der Waals surface area contributed by atoms with Crippen molar-refractivity contribution in [2.45, 2.75) is 6.92 Å². The van der Waals surface area contributed by atoms with Gasteiger partial charge < -0.3 is 19.5 Å². The van der Waals surface area contributed by atoms with Crippen LogP contribution in [0.2, 0.25) is 0 Å². The first-order valence-electron chi connectivity index (χ1n) is 10.0. The summed E-state index contributed by atoms with van der Waals surface area (Å²) in [6, 6.07) is 17.2. The van der Waals surface area contributed by atoms with Crippen LogP contribution in [0.25, 0.3) is 11.1 Å². The molecule has 1 aliphatic heterocycles. The van der Waals surface area contributed by atoms with Gasteiger partial charge in [0.15, 0.2) is 0 Å². The highest BCUT2D eigenvalue weighted by Crippen LogP contribution is 2.29. The lowest BCUT2D eigenvalue weighted by molar-refractivity contribution is -0.112. The molecule has 1 fully saturated rings. The van der Waals surface area contributed by atoms with Gasteiger partial charge in [0.25, 0.3) is 11.7 Å². The zero-order valence-electron chi connectivity index (χ0n) is 17.2. The molecule has 0 unspecified atom stereocenters. The first-order chi connectivity index (χ1) is 14.5. The van der Waals surface area contributed by atoms with Crippen LogP contribution >= 0.6 is 0 Å². The number of nitrogens with one attached hydrogen (secondary N) is 1. The minimum atomic E-state index is -0.646. The molecule has 3 aromatic rings. The lowest BCUT2D eigenvalue weighted by Crippen LogP contribution is -2.36. The Bertz CT molecular complexity index is 1050. The topological polar surface area (TPSA) is 63.6 Å². The Balaban J connectivity index is 1.53. The number of hydrogen-bond acceptors (Lipinski definition) is 4. The third-order valence-corrected chi connectivity index (χ3v) is 5.36. The molecule has 6 nitrogen and oxygen atoms in total. The van der Waals surface area contributed by atoms with E-state index in [9.17, 15) is 9.59 Å². The van der Waals surface area contributed by atoms with Gasteiger partial charge in [0.05, 0.1) is 13.2 Å². The number of anilines is 2. The molecule has 30 heavy (non-hydrogen) atoms. The summed E-state index contributed by atoms with van der Waals surface area (Å²) in [5, 5.41) is 2.74. The molecule has 0 radical (unpaired) electrons. The Morgan fingerprint density at radius 3 is 2.30 bits per heavy atom. The van der Waals surface area contributed by atoms with Crippen LogP contribution in [0.5, 0.6) is 0 Å². The number of ketones is 1. The van der Waals surface area contributed by atoms with Crippen molar-refractivity contribution in [3.8, 4) is 11.1 Å². The third-order valence-electron chi connectivity index (χ3n) is 5.36. The Kier molecular flexibility index (Phi) is 5.68. The fourth-order valence-electron chi connectivity index (χ4n) is 3.90. The molecular weight excluding hydrogens is 378 g/mol.